The van der Waals surface area contributed by atoms with Crippen LogP contribution in [0.15, 0.2) is 58.8 Å². The summed E-state index contributed by atoms with van der Waals surface area (Å²) in [5, 5.41) is 23.6. The van der Waals surface area contributed by atoms with Crippen molar-refractivity contribution in [3.8, 4) is 17.1 Å². The molecule has 7 nitrogen and oxygen atoms in total. The molecule has 0 aliphatic rings. The van der Waals surface area contributed by atoms with Gasteiger partial charge in [0.2, 0.25) is 0 Å². The molecule has 0 bridgehead atoms. The lowest BCUT2D eigenvalue weighted by Gasteiger charge is -2.07. The van der Waals surface area contributed by atoms with Gasteiger partial charge < -0.3 is 5.11 Å². The Morgan fingerprint density at radius 1 is 1.29 bits per heavy atom. The van der Waals surface area contributed by atoms with Gasteiger partial charge in [-0.25, -0.2) is 9.99 Å². The number of carbonyl (C=O) groups excluding carboxylic acids is 1. The van der Waals surface area contributed by atoms with E-state index >= 15 is 0 Å². The summed E-state index contributed by atoms with van der Waals surface area (Å²) in [4.78, 5) is 12.0. The first-order chi connectivity index (χ1) is 13.6. The predicted molar refractivity (Wildman–Crippen MR) is 107 cm³/mol. The second kappa shape index (κ2) is 9.18. The van der Waals surface area contributed by atoms with Crippen molar-refractivity contribution in [3.05, 3.63) is 59.7 Å². The van der Waals surface area contributed by atoms with Crippen molar-refractivity contribution in [1.29, 1.82) is 0 Å². The first-order valence-corrected chi connectivity index (χ1v) is 9.83. The molecule has 144 valence electrons. The van der Waals surface area contributed by atoms with Crippen molar-refractivity contribution < 1.29 is 14.5 Å². The Hall–Kier alpha value is -3.13. The molecule has 0 unspecified atom stereocenters. The Balaban J connectivity index is 1.60. The standard InChI is InChI=1S/C20H21N5O2S/c1-3-25-19(15-10-8-14(2)9-11-15)23-24-20(25)28-13-18(27)22-21-12-16-6-4-5-7-17(16)26/h4-12H,3,13H2,1-2H3,(H2,21,22,26,27). The number of thioether (sulfide) groups is 1. The van der Waals surface area contributed by atoms with Crippen molar-refractivity contribution in [2.75, 3.05) is 5.75 Å². The van der Waals surface area contributed by atoms with Crippen LogP contribution >= 0.6 is 11.8 Å². The molecule has 2 N–H and O–H groups in total. The summed E-state index contributed by atoms with van der Waals surface area (Å²) in [5.41, 5.74) is 5.09. The highest BCUT2D eigenvalue weighted by Crippen LogP contribution is 2.18. The van der Waals surface area contributed by atoms with E-state index in [1.807, 2.05) is 30.5 Å². The maximum atomic E-state index is 12.0. The largest absolute Gasteiger partial charge is 0.872 e. The van der Waals surface area contributed by atoms with Gasteiger partial charge in [0.25, 0.3) is 11.7 Å². The molecule has 0 spiro atoms. The molecule has 0 saturated heterocycles. The lowest BCUT2D eigenvalue weighted by molar-refractivity contribution is -0.719. The fraction of sp³-hybridized carbons (Fsp3) is 0.200. The normalized spacial score (nSPS) is 11.1. The molecule has 28 heavy (non-hydrogen) atoms. The number of nitrogens with zero attached hydrogens (tertiary/aromatic N) is 3. The number of nitrogens with one attached hydrogen (secondary N) is 2. The van der Waals surface area contributed by atoms with Crippen LogP contribution in [-0.2, 0) is 11.3 Å². The lowest BCUT2D eigenvalue weighted by atomic mass is 10.1. The molecule has 1 aromatic heterocycles. The smallest absolute Gasteiger partial charge is 0.337 e. The average Bonchev–Trinajstić information content (AvgIpc) is 3.11. The highest BCUT2D eigenvalue weighted by Gasteiger charge is 2.21. The molecule has 2 aromatic carbocycles. The zero-order valence-electron chi connectivity index (χ0n) is 15.7. The van der Waals surface area contributed by atoms with Crippen LogP contribution in [0.1, 0.15) is 18.1 Å². The number of benzene rings is 2. The highest BCUT2D eigenvalue weighted by molar-refractivity contribution is 7.99. The van der Waals surface area contributed by atoms with Crippen molar-refractivity contribution in [3.63, 3.8) is 0 Å². The van der Waals surface area contributed by atoms with Gasteiger partial charge >= 0.3 is 5.16 Å². The molecule has 3 rings (SSSR count). The Morgan fingerprint density at radius 3 is 2.75 bits per heavy atom. The zero-order valence-corrected chi connectivity index (χ0v) is 16.5. The van der Waals surface area contributed by atoms with E-state index in [0.717, 1.165) is 23.1 Å². The Labute approximate surface area is 167 Å². The van der Waals surface area contributed by atoms with E-state index in [4.69, 9.17) is 0 Å². The fourth-order valence-corrected chi connectivity index (χ4v) is 3.39. The van der Waals surface area contributed by atoms with E-state index in [9.17, 15) is 9.90 Å². The topological polar surface area (TPSA) is 97.1 Å². The number of hydrazone groups is 1. The second-order valence-electron chi connectivity index (χ2n) is 6.08. The van der Waals surface area contributed by atoms with Crippen molar-refractivity contribution >= 4 is 23.9 Å². The van der Waals surface area contributed by atoms with E-state index in [2.05, 4.69) is 32.9 Å². The summed E-state index contributed by atoms with van der Waals surface area (Å²) in [5.74, 6) is 0.649. The first-order valence-electron chi connectivity index (χ1n) is 8.84. The Kier molecular flexibility index (Phi) is 6.44. The number of hydrogen-bond acceptors (Lipinski definition) is 5. The molecule has 0 aliphatic carbocycles. The molecule has 0 saturated carbocycles. The number of H-pyrrole nitrogens is 1. The molecular formula is C20H21N5O2S. The number of rotatable bonds is 7. The van der Waals surface area contributed by atoms with E-state index < -0.39 is 0 Å². The maximum Gasteiger partial charge on any atom is 0.337 e. The van der Waals surface area contributed by atoms with Gasteiger partial charge in [0.1, 0.15) is 0 Å². The van der Waals surface area contributed by atoms with Crippen LogP contribution in [0.25, 0.3) is 11.4 Å². The molecular weight excluding hydrogens is 374 g/mol. The third kappa shape index (κ3) is 4.77. The summed E-state index contributed by atoms with van der Waals surface area (Å²) < 4.78 is 2.03. The number of aromatic nitrogens is 3. The molecule has 1 heterocycles. The maximum absolute atomic E-state index is 12.0. The van der Waals surface area contributed by atoms with Gasteiger partial charge in [-0.15, -0.1) is 5.10 Å². The van der Waals surface area contributed by atoms with Crippen LogP contribution in [-0.4, -0.2) is 28.1 Å². The average molecular weight is 395 g/mol. The number of para-hydroxylation sites is 1. The van der Waals surface area contributed by atoms with E-state index in [-0.39, 0.29) is 17.4 Å². The number of carbonyl (C=O) groups is 1. The number of hydrogen-bond donors (Lipinski definition) is 2. The Morgan fingerprint density at radius 2 is 2.04 bits per heavy atom. The summed E-state index contributed by atoms with van der Waals surface area (Å²) in [6.45, 7) is 4.80. The van der Waals surface area contributed by atoms with Crippen molar-refractivity contribution in [2.24, 2.45) is 5.10 Å². The summed E-state index contributed by atoms with van der Waals surface area (Å²) in [7, 11) is 0. The Bertz CT molecular complexity index is 983. The SMILES string of the molecule is CC[n+]1c(SCC(=O)NN=Cc2ccccc2[O-])n[nH]c1-c1ccc(C)cc1. The highest BCUT2D eigenvalue weighted by atomic mass is 32.2. The second-order valence-corrected chi connectivity index (χ2v) is 7.03. The first kappa shape index (κ1) is 19.6. The van der Waals surface area contributed by atoms with Crippen LogP contribution in [0.2, 0.25) is 0 Å². The van der Waals surface area contributed by atoms with Gasteiger partial charge in [0.15, 0.2) is 0 Å². The van der Waals surface area contributed by atoms with Crippen molar-refractivity contribution in [2.45, 2.75) is 25.5 Å². The van der Waals surface area contributed by atoms with Gasteiger partial charge in [0, 0.05) is 0 Å². The molecule has 0 aliphatic heterocycles. The van der Waals surface area contributed by atoms with Crippen molar-refractivity contribution in [1.82, 2.24) is 15.6 Å². The van der Waals surface area contributed by atoms with Crippen LogP contribution < -0.4 is 15.1 Å². The number of amides is 1. The summed E-state index contributed by atoms with van der Waals surface area (Å²) in [6.07, 6.45) is 1.35. The molecule has 1 amide bonds. The van der Waals surface area contributed by atoms with Gasteiger partial charge in [-0.2, -0.15) is 5.10 Å². The van der Waals surface area contributed by atoms with Crippen LogP contribution in [0.4, 0.5) is 0 Å². The zero-order chi connectivity index (χ0) is 19.9. The number of aromatic amines is 1. The lowest BCUT2D eigenvalue weighted by Crippen LogP contribution is -2.36. The number of aryl methyl sites for hydroxylation is 1. The van der Waals surface area contributed by atoms with Gasteiger partial charge in [-0.3, -0.25) is 4.79 Å². The minimum Gasteiger partial charge on any atom is -0.872 e. The van der Waals surface area contributed by atoms with Gasteiger partial charge in [0.05, 0.1) is 29.2 Å². The van der Waals surface area contributed by atoms with Gasteiger partial charge in [-0.05, 0) is 43.3 Å². The third-order valence-corrected chi connectivity index (χ3v) is 5.02. The van der Waals surface area contributed by atoms with Crippen LogP contribution in [0.5, 0.6) is 5.75 Å². The molecule has 0 atom stereocenters. The monoisotopic (exact) mass is 395 g/mol. The summed E-state index contributed by atoms with van der Waals surface area (Å²) >= 11 is 1.32. The van der Waals surface area contributed by atoms with Gasteiger partial charge in [-0.1, -0.05) is 47.7 Å². The third-order valence-electron chi connectivity index (χ3n) is 4.04. The minimum atomic E-state index is -0.271. The van der Waals surface area contributed by atoms with E-state index in [0.29, 0.717) is 5.56 Å². The molecule has 0 fully saturated rings. The fourth-order valence-electron chi connectivity index (χ4n) is 2.58. The minimum absolute atomic E-state index is 0.140. The van der Waals surface area contributed by atoms with Crippen LogP contribution in [0.3, 0.4) is 0 Å². The molecule has 3 aromatic rings. The quantitative estimate of drug-likeness (QED) is 0.277. The molecule has 0 radical (unpaired) electrons. The van der Waals surface area contributed by atoms with E-state index in [1.165, 1.54) is 29.6 Å². The predicted octanol–water partition coefficient (Wildman–Crippen LogP) is 2.01. The van der Waals surface area contributed by atoms with Crippen LogP contribution in [0, 0.1) is 6.92 Å². The summed E-state index contributed by atoms with van der Waals surface area (Å²) in [6, 6.07) is 14.7. The molecule has 8 heteroatoms. The van der Waals surface area contributed by atoms with E-state index in [1.54, 1.807) is 18.2 Å².